The molecule has 0 aromatic rings. The third kappa shape index (κ3) is 37.1. The van der Waals surface area contributed by atoms with Crippen molar-refractivity contribution in [3.8, 4) is 0 Å². The Bertz CT molecular complexity index is 652. The first kappa shape index (κ1) is 50.7. The molecule has 0 saturated heterocycles. The zero-order chi connectivity index (χ0) is 36.6. The van der Waals surface area contributed by atoms with Crippen molar-refractivity contribution in [1.29, 1.82) is 0 Å². The van der Waals surface area contributed by atoms with Gasteiger partial charge in [-0.1, -0.05) is 90.9 Å². The first-order valence-corrected chi connectivity index (χ1v) is 34.2. The van der Waals surface area contributed by atoms with Gasteiger partial charge >= 0.3 is 249 Å². The van der Waals surface area contributed by atoms with Crippen molar-refractivity contribution in [2.45, 2.75) is 239 Å². The van der Waals surface area contributed by atoms with Gasteiger partial charge in [-0.3, -0.25) is 0 Å². The van der Waals surface area contributed by atoms with E-state index in [1.807, 2.05) is 0 Å². The Morgan fingerprint density at radius 1 is 0.380 bits per heavy atom. The third-order valence-corrected chi connectivity index (χ3v) is 20.7. The number of hydrogen-bond acceptors (Lipinski definition) is 6. The van der Waals surface area contributed by atoms with E-state index in [1.54, 1.807) is 14.2 Å². The quantitative estimate of drug-likeness (QED) is 0.0449. The van der Waals surface area contributed by atoms with Crippen molar-refractivity contribution in [2.75, 3.05) is 14.2 Å². The number of carbonyl (C=O) groups is 2. The van der Waals surface area contributed by atoms with Crippen LogP contribution in [0.4, 0.5) is 0 Å². The molecule has 8 heteroatoms. The Morgan fingerprint density at radius 3 is 0.820 bits per heavy atom. The van der Waals surface area contributed by atoms with E-state index in [4.69, 9.17) is 14.8 Å². The van der Waals surface area contributed by atoms with Gasteiger partial charge < -0.3 is 0 Å². The third-order valence-electron chi connectivity index (χ3n) is 10.3. The fraction of sp³-hybridized carbons (Fsp3) is 0.952. The van der Waals surface area contributed by atoms with E-state index >= 15 is 0 Å². The summed E-state index contributed by atoms with van der Waals surface area (Å²) in [5.74, 6) is -0.0316. The van der Waals surface area contributed by atoms with E-state index in [-0.39, 0.29) is 24.1 Å². The van der Waals surface area contributed by atoms with Gasteiger partial charge in [0.25, 0.3) is 0 Å². The molecule has 6 nitrogen and oxygen atoms in total. The molecule has 0 aromatic heterocycles. The van der Waals surface area contributed by atoms with Gasteiger partial charge in [-0.2, -0.15) is 0 Å². The van der Waals surface area contributed by atoms with Crippen molar-refractivity contribution >= 4 is 11.9 Å². The van der Waals surface area contributed by atoms with E-state index in [0.717, 1.165) is 33.5 Å². The molecule has 0 N–H and O–H groups in total. The predicted octanol–water partition coefficient (Wildman–Crippen LogP) is 13.5. The van der Waals surface area contributed by atoms with Gasteiger partial charge in [0.15, 0.2) is 0 Å². The van der Waals surface area contributed by atoms with Crippen LogP contribution in [0, 0.1) is 0 Å². The molecule has 0 aliphatic rings. The van der Waals surface area contributed by atoms with Gasteiger partial charge in [0.2, 0.25) is 0 Å². The molecule has 0 heterocycles. The van der Waals surface area contributed by atoms with Crippen LogP contribution in [0.1, 0.15) is 219 Å². The summed E-state index contributed by atoms with van der Waals surface area (Å²) in [7, 11) is 3.42. The summed E-state index contributed by atoms with van der Waals surface area (Å²) in [6, 6.07) is 0. The summed E-state index contributed by atoms with van der Waals surface area (Å²) in [4.78, 5) is 24.6. The molecule has 0 aliphatic heterocycles. The van der Waals surface area contributed by atoms with Gasteiger partial charge in [-0.05, 0) is 0 Å². The second kappa shape index (κ2) is 42.5. The van der Waals surface area contributed by atoms with Crippen LogP contribution in [0.5, 0.6) is 0 Å². The Balaban J connectivity index is 3.67. The predicted molar refractivity (Wildman–Crippen MR) is 202 cm³/mol. The number of ether oxygens (including phenoxy) is 2. The molecule has 2 atom stereocenters. The number of carbonyl (C=O) groups excluding carboxylic acids is 2. The number of methoxy groups -OCH3 is 2. The summed E-state index contributed by atoms with van der Waals surface area (Å²) < 4.78 is 24.6. The topological polar surface area (TPSA) is 71.1 Å². The minimum atomic E-state index is -1.84. The minimum absolute atomic E-state index is 0.0158. The van der Waals surface area contributed by atoms with Crippen molar-refractivity contribution in [2.24, 2.45) is 0 Å². The number of hydrogen-bond donors (Lipinski definition) is 0. The van der Waals surface area contributed by atoms with Crippen molar-refractivity contribution in [3.63, 3.8) is 0 Å². The van der Waals surface area contributed by atoms with Crippen LogP contribution in [0.25, 0.3) is 0 Å². The van der Waals surface area contributed by atoms with E-state index in [9.17, 15) is 9.59 Å². The second-order valence-electron chi connectivity index (χ2n) is 15.0. The average Bonchev–Trinajstić information content (AvgIpc) is 3.12. The molecule has 0 bridgehead atoms. The average molecular weight is 1080 g/mol. The molecular formula is C42H82Hg2O6. The standard InChI is InChI=1S/2C18H36O2.C6H12O2.2Hg/c2*1-2-3-4-5-6-7-8-9-10-11-12-13-14-15-16-17-18(19)20;1-5(7-3)6(2)8-4;;/h2*2-17H2,1H3,(H,19,20);5-6H,1-2H2,3-4H3;;/q;;;2*+1/p-2/t;;5-,6+;;. The zero-order valence-electron chi connectivity index (χ0n) is 34.1. The maximum absolute atomic E-state index is 12.3. The fourth-order valence-corrected chi connectivity index (χ4v) is 17.3. The molecule has 50 heavy (non-hydrogen) atoms. The van der Waals surface area contributed by atoms with Crippen LogP contribution in [-0.2, 0) is 74.4 Å². The van der Waals surface area contributed by atoms with E-state index in [1.165, 1.54) is 167 Å². The Hall–Kier alpha value is 0.730. The van der Waals surface area contributed by atoms with E-state index < -0.39 is 50.1 Å². The van der Waals surface area contributed by atoms with E-state index in [0.29, 0.717) is 12.8 Å². The molecular weight excluding hydrogens is 1000 g/mol. The normalized spacial score (nSPS) is 12.3. The maximum atomic E-state index is 12.3. The molecule has 0 spiro atoms. The molecule has 0 rings (SSSR count). The summed E-state index contributed by atoms with van der Waals surface area (Å²) in [6.45, 7) is 4.56. The van der Waals surface area contributed by atoms with Gasteiger partial charge in [-0.15, -0.1) is 0 Å². The molecule has 0 aromatic carbocycles. The first-order chi connectivity index (χ1) is 24.6. The molecule has 0 saturated carbocycles. The fourth-order valence-electron chi connectivity index (χ4n) is 6.91. The van der Waals surface area contributed by atoms with Crippen LogP contribution in [0.15, 0.2) is 0 Å². The molecule has 0 amide bonds. The first-order valence-electron chi connectivity index (χ1n) is 22.0. The van der Waals surface area contributed by atoms with Crippen molar-refractivity contribution in [1.82, 2.24) is 0 Å². The van der Waals surface area contributed by atoms with Crippen molar-refractivity contribution in [3.05, 3.63) is 0 Å². The van der Waals surface area contributed by atoms with Gasteiger partial charge in [0.05, 0.1) is 0 Å². The molecule has 290 valence electrons. The van der Waals surface area contributed by atoms with Crippen molar-refractivity contribution < 1.29 is 74.4 Å². The Labute approximate surface area is 337 Å². The van der Waals surface area contributed by atoms with Crippen LogP contribution in [0.2, 0.25) is 7.86 Å². The Kier molecular flexibility index (Phi) is 43.1. The van der Waals surface area contributed by atoms with Crippen LogP contribution >= 0.6 is 0 Å². The molecule has 0 aliphatic carbocycles. The monoisotopic (exact) mass is 1090 g/mol. The molecule has 0 fully saturated rings. The SMILES string of the molecule is CCCCCCCCCCCCCCCCCC(=O)[O][Hg][CH2][C@H](OC)[C@@H]([CH2][Hg][O]C(=O)CCCCCCCCCCCCCCCCC)OC. The van der Waals surface area contributed by atoms with Crippen LogP contribution in [-0.4, -0.2) is 38.4 Å². The summed E-state index contributed by atoms with van der Waals surface area (Å²) in [5.41, 5.74) is 0. The van der Waals surface area contributed by atoms with Crippen LogP contribution in [0.3, 0.4) is 0 Å². The number of rotatable bonds is 41. The van der Waals surface area contributed by atoms with Crippen LogP contribution < -0.4 is 0 Å². The summed E-state index contributed by atoms with van der Waals surface area (Å²) in [5, 5.41) is 0. The van der Waals surface area contributed by atoms with E-state index in [2.05, 4.69) is 13.8 Å². The molecule has 0 radical (unpaired) electrons. The Morgan fingerprint density at radius 2 is 0.600 bits per heavy atom. The van der Waals surface area contributed by atoms with Gasteiger partial charge in [0, 0.05) is 0 Å². The van der Waals surface area contributed by atoms with Gasteiger partial charge in [0.1, 0.15) is 0 Å². The second-order valence-corrected chi connectivity index (χ2v) is 24.9. The summed E-state index contributed by atoms with van der Waals surface area (Å²) in [6.07, 6.45) is 40.8. The number of unbranched alkanes of at least 4 members (excludes halogenated alkanes) is 28. The van der Waals surface area contributed by atoms with Gasteiger partial charge in [-0.25, -0.2) is 0 Å². The summed E-state index contributed by atoms with van der Waals surface area (Å²) >= 11 is -3.67. The zero-order valence-corrected chi connectivity index (χ0v) is 45.1. The molecule has 0 unspecified atom stereocenters.